The Labute approximate surface area is 152 Å². The molecule has 0 unspecified atom stereocenters. The Morgan fingerprint density at radius 3 is 1.92 bits per heavy atom. The second-order valence-electron chi connectivity index (χ2n) is 7.70. The van der Waals surface area contributed by atoms with Gasteiger partial charge in [-0.05, 0) is 57.1 Å². The quantitative estimate of drug-likeness (QED) is 0.688. The van der Waals surface area contributed by atoms with E-state index in [2.05, 4.69) is 88.4 Å². The zero-order valence-corrected chi connectivity index (χ0v) is 15.7. The molecule has 0 radical (unpaired) electrons. The van der Waals surface area contributed by atoms with Crippen LogP contribution in [0, 0.1) is 0 Å². The minimum Gasteiger partial charge on any atom is -0.400 e. The molecule has 0 aliphatic carbocycles. The molecule has 3 rings (SSSR count). The third-order valence-electron chi connectivity index (χ3n) is 5.25. The molecule has 1 aliphatic rings. The first-order valence-electron chi connectivity index (χ1n) is 9.02. The maximum absolute atomic E-state index is 6.30. The molecule has 0 saturated carbocycles. The maximum Gasteiger partial charge on any atom is 0.490 e. The molecule has 25 heavy (non-hydrogen) atoms. The Morgan fingerprint density at radius 2 is 1.36 bits per heavy atom. The first-order chi connectivity index (χ1) is 11.9. The molecule has 130 valence electrons. The van der Waals surface area contributed by atoms with Crippen molar-refractivity contribution in [2.45, 2.75) is 51.7 Å². The second-order valence-corrected chi connectivity index (χ2v) is 7.70. The molecule has 0 bridgehead atoms. The fourth-order valence-corrected chi connectivity index (χ4v) is 2.95. The normalized spacial score (nSPS) is 19.2. The summed E-state index contributed by atoms with van der Waals surface area (Å²) in [6.45, 7) is 8.41. The van der Waals surface area contributed by atoms with Crippen LogP contribution in [0.5, 0.6) is 0 Å². The Morgan fingerprint density at radius 1 is 0.840 bits per heavy atom. The highest BCUT2D eigenvalue weighted by atomic mass is 16.7. The Hall–Kier alpha value is -1.84. The molecule has 0 atom stereocenters. The highest BCUT2D eigenvalue weighted by Crippen LogP contribution is 2.39. The zero-order chi connectivity index (χ0) is 17.9. The van der Waals surface area contributed by atoms with Gasteiger partial charge in [-0.25, -0.2) is 0 Å². The molecule has 2 aromatic rings. The van der Waals surface area contributed by atoms with E-state index in [1.807, 2.05) is 6.07 Å². The Balaban J connectivity index is 1.84. The van der Waals surface area contributed by atoms with Crippen molar-refractivity contribution < 1.29 is 9.31 Å². The van der Waals surface area contributed by atoms with Crippen molar-refractivity contribution in [1.29, 1.82) is 0 Å². The van der Waals surface area contributed by atoms with Crippen LogP contribution in [0.4, 0.5) is 0 Å². The van der Waals surface area contributed by atoms with Gasteiger partial charge in [-0.3, -0.25) is 0 Å². The lowest BCUT2D eigenvalue weighted by molar-refractivity contribution is 0.00578. The van der Waals surface area contributed by atoms with Gasteiger partial charge in [0.05, 0.1) is 11.2 Å². The second kappa shape index (κ2) is 7.19. The van der Waals surface area contributed by atoms with Crippen LogP contribution in [0.15, 0.2) is 66.1 Å². The third-order valence-corrected chi connectivity index (χ3v) is 5.25. The molecule has 0 amide bonds. The van der Waals surface area contributed by atoms with Gasteiger partial charge in [0.1, 0.15) is 0 Å². The van der Waals surface area contributed by atoms with E-state index in [9.17, 15) is 0 Å². The summed E-state index contributed by atoms with van der Waals surface area (Å²) in [7, 11) is -0.297. The monoisotopic (exact) mass is 334 g/mol. The average Bonchev–Trinajstić information content (AvgIpc) is 2.81. The highest BCUT2D eigenvalue weighted by molar-refractivity contribution is 6.55. The van der Waals surface area contributed by atoms with Crippen molar-refractivity contribution in [3.63, 3.8) is 0 Å². The molecular weight excluding hydrogens is 307 g/mol. The van der Waals surface area contributed by atoms with Gasteiger partial charge in [0.2, 0.25) is 0 Å². The van der Waals surface area contributed by atoms with Crippen molar-refractivity contribution >= 4 is 13.2 Å². The van der Waals surface area contributed by atoms with Crippen molar-refractivity contribution in [3.05, 3.63) is 77.3 Å². The van der Waals surface area contributed by atoms with E-state index < -0.39 is 0 Å². The lowest BCUT2D eigenvalue weighted by atomic mass is 9.74. The van der Waals surface area contributed by atoms with Gasteiger partial charge < -0.3 is 9.31 Å². The first-order valence-corrected chi connectivity index (χ1v) is 9.02. The number of rotatable bonds is 5. The largest absolute Gasteiger partial charge is 0.490 e. The molecule has 1 fully saturated rings. The molecule has 0 N–H and O–H groups in total. The zero-order valence-electron chi connectivity index (χ0n) is 15.7. The summed E-state index contributed by atoms with van der Waals surface area (Å²) in [6.07, 6.45) is 4.10. The number of hydrogen-bond acceptors (Lipinski definition) is 2. The van der Waals surface area contributed by atoms with Crippen molar-refractivity contribution in [3.8, 4) is 0 Å². The standard InChI is InChI=1S/C22H27BO2/c1-21(2)22(3,4)25-23(24-21)20(17-19-13-9-6-10-14-19)16-15-18-11-7-5-8-12-18/h5-14,17H,15-16H2,1-4H3/b20-17+. The van der Waals surface area contributed by atoms with Crippen LogP contribution in [0.3, 0.4) is 0 Å². The summed E-state index contributed by atoms with van der Waals surface area (Å²) in [6, 6.07) is 21.0. The van der Waals surface area contributed by atoms with Gasteiger partial charge in [0.15, 0.2) is 0 Å². The lowest BCUT2D eigenvalue weighted by Gasteiger charge is -2.32. The summed E-state index contributed by atoms with van der Waals surface area (Å²) >= 11 is 0. The summed E-state index contributed by atoms with van der Waals surface area (Å²) in [4.78, 5) is 0. The van der Waals surface area contributed by atoms with Gasteiger partial charge >= 0.3 is 7.12 Å². The van der Waals surface area contributed by atoms with E-state index in [0.29, 0.717) is 0 Å². The van der Waals surface area contributed by atoms with Crippen molar-refractivity contribution in [2.24, 2.45) is 0 Å². The van der Waals surface area contributed by atoms with E-state index in [1.54, 1.807) is 0 Å². The summed E-state index contributed by atoms with van der Waals surface area (Å²) < 4.78 is 12.6. The van der Waals surface area contributed by atoms with Crippen LogP contribution in [0.25, 0.3) is 6.08 Å². The average molecular weight is 334 g/mol. The van der Waals surface area contributed by atoms with Crippen LogP contribution in [-0.4, -0.2) is 18.3 Å². The van der Waals surface area contributed by atoms with Crippen LogP contribution >= 0.6 is 0 Å². The molecule has 1 heterocycles. The van der Waals surface area contributed by atoms with E-state index in [4.69, 9.17) is 9.31 Å². The fraction of sp³-hybridized carbons (Fsp3) is 0.364. The van der Waals surface area contributed by atoms with E-state index >= 15 is 0 Å². The Bertz CT molecular complexity index is 704. The minimum absolute atomic E-state index is 0.297. The van der Waals surface area contributed by atoms with Gasteiger partial charge in [-0.1, -0.05) is 66.7 Å². The number of allylic oxidation sites excluding steroid dienone is 1. The predicted octanol–water partition coefficient (Wildman–Crippen LogP) is 5.33. The number of benzene rings is 2. The minimum atomic E-state index is -0.319. The lowest BCUT2D eigenvalue weighted by Crippen LogP contribution is -2.41. The highest BCUT2D eigenvalue weighted by Gasteiger charge is 2.52. The molecule has 2 nitrogen and oxygen atoms in total. The fourth-order valence-electron chi connectivity index (χ4n) is 2.95. The van der Waals surface area contributed by atoms with Crippen LogP contribution < -0.4 is 0 Å². The first kappa shape index (κ1) is 18.0. The van der Waals surface area contributed by atoms with Crippen LogP contribution in [0.2, 0.25) is 0 Å². The molecule has 1 saturated heterocycles. The molecule has 0 aromatic heterocycles. The molecule has 2 aromatic carbocycles. The van der Waals surface area contributed by atoms with E-state index in [1.165, 1.54) is 16.6 Å². The summed E-state index contributed by atoms with van der Waals surface area (Å²) in [5, 5.41) is 0. The molecule has 0 spiro atoms. The predicted molar refractivity (Wildman–Crippen MR) is 105 cm³/mol. The van der Waals surface area contributed by atoms with Crippen molar-refractivity contribution in [2.75, 3.05) is 0 Å². The van der Waals surface area contributed by atoms with Gasteiger partial charge in [-0.15, -0.1) is 0 Å². The summed E-state index contributed by atoms with van der Waals surface area (Å²) in [5.41, 5.74) is 3.06. The maximum atomic E-state index is 6.30. The van der Waals surface area contributed by atoms with Crippen molar-refractivity contribution in [1.82, 2.24) is 0 Å². The SMILES string of the molecule is CC1(C)OB(/C(=C/c2ccccc2)CCc2ccccc2)OC1(C)C. The van der Waals surface area contributed by atoms with Gasteiger partial charge in [-0.2, -0.15) is 0 Å². The smallest absolute Gasteiger partial charge is 0.400 e. The third kappa shape index (κ3) is 4.23. The van der Waals surface area contributed by atoms with Gasteiger partial charge in [0.25, 0.3) is 0 Å². The molecule has 3 heteroatoms. The van der Waals surface area contributed by atoms with Crippen LogP contribution in [-0.2, 0) is 15.7 Å². The summed E-state index contributed by atoms with van der Waals surface area (Å²) in [5.74, 6) is 0. The van der Waals surface area contributed by atoms with Gasteiger partial charge in [0, 0.05) is 0 Å². The Kier molecular flexibility index (Phi) is 5.17. The van der Waals surface area contributed by atoms with Crippen LogP contribution in [0.1, 0.15) is 45.2 Å². The molecular formula is C22H27BO2. The number of hydrogen-bond donors (Lipinski definition) is 0. The van der Waals surface area contributed by atoms with E-state index in [0.717, 1.165) is 12.8 Å². The van der Waals surface area contributed by atoms with E-state index in [-0.39, 0.29) is 18.3 Å². The molecule has 1 aliphatic heterocycles. The topological polar surface area (TPSA) is 18.5 Å². The number of aryl methyl sites for hydroxylation is 1.